The standard InChI is InChI=1S/C18H26N2O/c1-14-13-19-11-12-20(14)18(21)17-9-7-16(8-10-17)15-5-3-2-4-6-15/h2-6,14,16-17,19H,7-13H2,1H3. The van der Waals surface area contributed by atoms with E-state index in [1.807, 2.05) is 0 Å². The summed E-state index contributed by atoms with van der Waals surface area (Å²) < 4.78 is 0. The van der Waals surface area contributed by atoms with Crippen LogP contribution in [0.1, 0.15) is 44.1 Å². The van der Waals surface area contributed by atoms with E-state index in [0.29, 0.717) is 17.9 Å². The summed E-state index contributed by atoms with van der Waals surface area (Å²) in [6.45, 7) is 4.90. The summed E-state index contributed by atoms with van der Waals surface area (Å²) in [4.78, 5) is 14.8. The first-order chi connectivity index (χ1) is 10.3. The third kappa shape index (κ3) is 3.29. The number of hydrogen-bond acceptors (Lipinski definition) is 2. The fourth-order valence-electron chi connectivity index (χ4n) is 3.80. The monoisotopic (exact) mass is 286 g/mol. The summed E-state index contributed by atoms with van der Waals surface area (Å²) in [7, 11) is 0. The molecule has 0 aromatic heterocycles. The van der Waals surface area contributed by atoms with Crippen LogP contribution in [0.4, 0.5) is 0 Å². The molecule has 21 heavy (non-hydrogen) atoms. The van der Waals surface area contributed by atoms with E-state index in [9.17, 15) is 4.79 Å². The first-order valence-corrected chi connectivity index (χ1v) is 8.32. The average molecular weight is 286 g/mol. The molecule has 114 valence electrons. The van der Waals surface area contributed by atoms with Gasteiger partial charge in [0.15, 0.2) is 0 Å². The Morgan fingerprint density at radius 1 is 1.14 bits per heavy atom. The molecule has 2 aliphatic rings. The summed E-state index contributed by atoms with van der Waals surface area (Å²) in [5.41, 5.74) is 1.44. The van der Waals surface area contributed by atoms with Crippen LogP contribution in [0, 0.1) is 5.92 Å². The predicted octanol–water partition coefficient (Wildman–Crippen LogP) is 2.78. The average Bonchev–Trinajstić information content (AvgIpc) is 2.56. The number of amides is 1. The third-order valence-electron chi connectivity index (χ3n) is 5.13. The lowest BCUT2D eigenvalue weighted by molar-refractivity contribution is -0.139. The van der Waals surface area contributed by atoms with Gasteiger partial charge in [-0.2, -0.15) is 0 Å². The van der Waals surface area contributed by atoms with Crippen molar-refractivity contribution in [1.82, 2.24) is 10.2 Å². The van der Waals surface area contributed by atoms with Gasteiger partial charge in [0.1, 0.15) is 0 Å². The molecule has 2 fully saturated rings. The van der Waals surface area contributed by atoms with E-state index in [2.05, 4.69) is 47.5 Å². The molecule has 1 atom stereocenters. The van der Waals surface area contributed by atoms with Crippen molar-refractivity contribution in [3.05, 3.63) is 35.9 Å². The molecule has 0 radical (unpaired) electrons. The van der Waals surface area contributed by atoms with Crippen molar-refractivity contribution in [2.24, 2.45) is 5.92 Å². The molecule has 3 heteroatoms. The van der Waals surface area contributed by atoms with E-state index in [1.54, 1.807) is 0 Å². The highest BCUT2D eigenvalue weighted by Crippen LogP contribution is 2.36. The summed E-state index contributed by atoms with van der Waals surface area (Å²) in [5, 5.41) is 3.36. The van der Waals surface area contributed by atoms with Crippen LogP contribution in [0.3, 0.4) is 0 Å². The zero-order valence-electron chi connectivity index (χ0n) is 12.9. The van der Waals surface area contributed by atoms with Gasteiger partial charge in [0.25, 0.3) is 0 Å². The van der Waals surface area contributed by atoms with Crippen LogP contribution < -0.4 is 5.32 Å². The van der Waals surface area contributed by atoms with Gasteiger partial charge in [0, 0.05) is 31.6 Å². The van der Waals surface area contributed by atoms with Crippen molar-refractivity contribution in [2.75, 3.05) is 19.6 Å². The minimum Gasteiger partial charge on any atom is -0.337 e. The van der Waals surface area contributed by atoms with Crippen LogP contribution in [-0.4, -0.2) is 36.5 Å². The maximum Gasteiger partial charge on any atom is 0.226 e. The summed E-state index contributed by atoms with van der Waals surface area (Å²) >= 11 is 0. The van der Waals surface area contributed by atoms with Crippen LogP contribution >= 0.6 is 0 Å². The fourth-order valence-corrected chi connectivity index (χ4v) is 3.80. The van der Waals surface area contributed by atoms with Crippen LogP contribution in [-0.2, 0) is 4.79 Å². The minimum atomic E-state index is 0.255. The lowest BCUT2D eigenvalue weighted by atomic mass is 9.78. The van der Waals surface area contributed by atoms with Crippen LogP contribution in [0.15, 0.2) is 30.3 Å². The fraction of sp³-hybridized carbons (Fsp3) is 0.611. The Kier molecular flexibility index (Phi) is 4.59. The lowest BCUT2D eigenvalue weighted by Gasteiger charge is -2.38. The van der Waals surface area contributed by atoms with Crippen molar-refractivity contribution in [1.29, 1.82) is 0 Å². The smallest absolute Gasteiger partial charge is 0.226 e. The summed E-state index contributed by atoms with van der Waals surface area (Å²) in [5.74, 6) is 1.30. The van der Waals surface area contributed by atoms with Crippen molar-refractivity contribution in [3.63, 3.8) is 0 Å². The van der Waals surface area contributed by atoms with Crippen molar-refractivity contribution in [3.8, 4) is 0 Å². The Bertz CT molecular complexity index is 465. The van der Waals surface area contributed by atoms with Gasteiger partial charge < -0.3 is 10.2 Å². The largest absolute Gasteiger partial charge is 0.337 e. The molecule has 1 amide bonds. The van der Waals surface area contributed by atoms with Gasteiger partial charge >= 0.3 is 0 Å². The van der Waals surface area contributed by atoms with E-state index >= 15 is 0 Å². The molecule has 1 saturated heterocycles. The molecule has 3 nitrogen and oxygen atoms in total. The van der Waals surface area contributed by atoms with Gasteiger partial charge in [-0.15, -0.1) is 0 Å². The van der Waals surface area contributed by atoms with Gasteiger partial charge in [-0.25, -0.2) is 0 Å². The van der Waals surface area contributed by atoms with Gasteiger partial charge in [-0.05, 0) is 44.1 Å². The Labute approximate surface area is 127 Å². The number of benzene rings is 1. The SMILES string of the molecule is CC1CNCCN1C(=O)C1CCC(c2ccccc2)CC1. The van der Waals surface area contributed by atoms with E-state index in [1.165, 1.54) is 5.56 Å². The van der Waals surface area contributed by atoms with Crippen LogP contribution in [0.5, 0.6) is 0 Å². The van der Waals surface area contributed by atoms with Crippen molar-refractivity contribution in [2.45, 2.75) is 44.6 Å². The highest BCUT2D eigenvalue weighted by molar-refractivity contribution is 5.79. The number of piperazine rings is 1. The molecule has 1 saturated carbocycles. The molecule has 1 aliphatic carbocycles. The second-order valence-electron chi connectivity index (χ2n) is 6.54. The van der Waals surface area contributed by atoms with Crippen molar-refractivity contribution < 1.29 is 4.79 Å². The molecular formula is C18H26N2O. The topological polar surface area (TPSA) is 32.3 Å². The van der Waals surface area contributed by atoms with Gasteiger partial charge in [0.2, 0.25) is 5.91 Å². The molecular weight excluding hydrogens is 260 g/mol. The molecule has 1 N–H and O–H groups in total. The quantitative estimate of drug-likeness (QED) is 0.906. The number of hydrogen-bond donors (Lipinski definition) is 1. The van der Waals surface area contributed by atoms with Gasteiger partial charge in [0.05, 0.1) is 0 Å². The zero-order valence-corrected chi connectivity index (χ0v) is 12.9. The van der Waals surface area contributed by atoms with Crippen LogP contribution in [0.25, 0.3) is 0 Å². The molecule has 1 unspecified atom stereocenters. The number of rotatable bonds is 2. The molecule has 1 aliphatic heterocycles. The Morgan fingerprint density at radius 2 is 1.86 bits per heavy atom. The Balaban J connectivity index is 1.57. The third-order valence-corrected chi connectivity index (χ3v) is 5.13. The number of carbonyl (C=O) groups is 1. The second kappa shape index (κ2) is 6.61. The first-order valence-electron chi connectivity index (χ1n) is 8.32. The molecule has 0 spiro atoms. The van der Waals surface area contributed by atoms with E-state index in [0.717, 1.165) is 45.3 Å². The second-order valence-corrected chi connectivity index (χ2v) is 6.54. The minimum absolute atomic E-state index is 0.255. The Hall–Kier alpha value is -1.35. The number of nitrogens with one attached hydrogen (secondary N) is 1. The van der Waals surface area contributed by atoms with E-state index in [-0.39, 0.29) is 5.92 Å². The van der Waals surface area contributed by atoms with Gasteiger partial charge in [-0.1, -0.05) is 30.3 Å². The molecule has 0 bridgehead atoms. The summed E-state index contributed by atoms with van der Waals surface area (Å²) in [6.07, 6.45) is 4.41. The number of carbonyl (C=O) groups excluding carboxylic acids is 1. The zero-order chi connectivity index (χ0) is 14.7. The van der Waals surface area contributed by atoms with Gasteiger partial charge in [-0.3, -0.25) is 4.79 Å². The maximum atomic E-state index is 12.7. The van der Waals surface area contributed by atoms with Crippen LogP contribution in [0.2, 0.25) is 0 Å². The molecule has 1 aromatic rings. The molecule has 3 rings (SSSR count). The predicted molar refractivity (Wildman–Crippen MR) is 85.2 cm³/mol. The highest BCUT2D eigenvalue weighted by Gasteiger charge is 2.32. The normalized spacial score (nSPS) is 30.1. The number of nitrogens with zero attached hydrogens (tertiary/aromatic N) is 1. The van der Waals surface area contributed by atoms with E-state index < -0.39 is 0 Å². The molecule has 1 aromatic carbocycles. The maximum absolute atomic E-state index is 12.7. The Morgan fingerprint density at radius 3 is 2.52 bits per heavy atom. The van der Waals surface area contributed by atoms with E-state index in [4.69, 9.17) is 0 Å². The lowest BCUT2D eigenvalue weighted by Crippen LogP contribution is -2.54. The highest BCUT2D eigenvalue weighted by atomic mass is 16.2. The first kappa shape index (κ1) is 14.6. The molecule has 1 heterocycles. The summed E-state index contributed by atoms with van der Waals surface area (Å²) in [6, 6.07) is 11.1. The van der Waals surface area contributed by atoms with Crippen molar-refractivity contribution >= 4 is 5.91 Å².